The summed E-state index contributed by atoms with van der Waals surface area (Å²) in [5.74, 6) is 0.250. The molecule has 1 fully saturated rings. The minimum Gasteiger partial charge on any atom is -0.330 e. The van der Waals surface area contributed by atoms with Gasteiger partial charge in [0, 0.05) is 6.26 Å². The third-order valence-electron chi connectivity index (χ3n) is 1.71. The molecule has 0 aromatic heterocycles. The Bertz CT molecular complexity index is 197. The lowest BCUT2D eigenvalue weighted by molar-refractivity contribution is 0.598. The molecule has 3 nitrogen and oxygen atoms in total. The third kappa shape index (κ3) is 1.43. The molecule has 0 spiro atoms. The van der Waals surface area contributed by atoms with Crippen LogP contribution in [-0.2, 0) is 9.84 Å². The summed E-state index contributed by atoms with van der Waals surface area (Å²) >= 11 is 0. The lowest BCUT2D eigenvalue weighted by Crippen LogP contribution is -2.11. The summed E-state index contributed by atoms with van der Waals surface area (Å²) in [7, 11) is -2.77. The predicted octanol–water partition coefficient (Wildman–Crippen LogP) is -0.622. The summed E-state index contributed by atoms with van der Waals surface area (Å²) in [6.45, 7) is 0.512. The fourth-order valence-electron chi connectivity index (χ4n) is 0.992. The molecular weight excluding hydrogens is 138 g/mol. The molecule has 1 saturated carbocycles. The average molecular weight is 149 g/mol. The first-order valence-corrected chi connectivity index (χ1v) is 4.90. The Labute approximate surface area is 55.2 Å². The molecule has 0 unspecified atom stereocenters. The quantitative estimate of drug-likeness (QED) is 0.569. The average Bonchev–Trinajstić information content (AvgIpc) is 2.39. The summed E-state index contributed by atoms with van der Waals surface area (Å²) in [6.07, 6.45) is 2.04. The van der Waals surface area contributed by atoms with E-state index in [4.69, 9.17) is 5.73 Å². The van der Waals surface area contributed by atoms with E-state index in [-0.39, 0.29) is 11.2 Å². The van der Waals surface area contributed by atoms with E-state index in [1.54, 1.807) is 0 Å². The van der Waals surface area contributed by atoms with Crippen molar-refractivity contribution >= 4 is 9.84 Å². The minimum atomic E-state index is -2.77. The molecule has 1 aliphatic carbocycles. The molecule has 0 aromatic rings. The highest BCUT2D eigenvalue weighted by atomic mass is 32.2. The molecule has 0 saturated heterocycles. The fraction of sp³-hybridized carbons (Fsp3) is 1.00. The van der Waals surface area contributed by atoms with Gasteiger partial charge in [0.15, 0.2) is 9.84 Å². The van der Waals surface area contributed by atoms with Gasteiger partial charge in [0.2, 0.25) is 0 Å². The molecule has 54 valence electrons. The van der Waals surface area contributed by atoms with Crippen LogP contribution in [-0.4, -0.2) is 26.5 Å². The molecule has 1 rings (SSSR count). The predicted molar refractivity (Wildman–Crippen MR) is 35.8 cm³/mol. The number of hydrogen-bond acceptors (Lipinski definition) is 3. The molecule has 1 aliphatic rings. The smallest absolute Gasteiger partial charge is 0.150 e. The van der Waals surface area contributed by atoms with Gasteiger partial charge >= 0.3 is 0 Å². The maximum atomic E-state index is 10.7. The zero-order valence-electron chi connectivity index (χ0n) is 5.37. The standard InChI is InChI=1S/C5H11NO2S/c1-9(7,8)5-2-4(5)3-6/h4-5H,2-3,6H2,1H3/t4-,5-/m0/s1. The largest absolute Gasteiger partial charge is 0.330 e. The molecule has 0 aromatic carbocycles. The maximum absolute atomic E-state index is 10.7. The number of hydrogen-bond donors (Lipinski definition) is 1. The van der Waals surface area contributed by atoms with E-state index in [1.807, 2.05) is 0 Å². The van der Waals surface area contributed by atoms with E-state index in [0.29, 0.717) is 6.54 Å². The SMILES string of the molecule is CS(=O)(=O)[C@H]1C[C@H]1CN. The van der Waals surface area contributed by atoms with Crippen LogP contribution in [0, 0.1) is 5.92 Å². The first-order valence-electron chi connectivity index (χ1n) is 2.94. The van der Waals surface area contributed by atoms with Crippen LogP contribution < -0.4 is 5.73 Å². The zero-order chi connectivity index (χ0) is 7.07. The summed E-state index contributed by atoms with van der Waals surface area (Å²) < 4.78 is 21.4. The lowest BCUT2D eigenvalue weighted by atomic mass is 10.4. The van der Waals surface area contributed by atoms with Crippen molar-refractivity contribution in [2.45, 2.75) is 11.7 Å². The zero-order valence-corrected chi connectivity index (χ0v) is 6.19. The van der Waals surface area contributed by atoms with Crippen molar-refractivity contribution in [3.05, 3.63) is 0 Å². The highest BCUT2D eigenvalue weighted by molar-refractivity contribution is 7.91. The van der Waals surface area contributed by atoms with Crippen LogP contribution in [0.25, 0.3) is 0 Å². The van der Waals surface area contributed by atoms with Crippen molar-refractivity contribution < 1.29 is 8.42 Å². The van der Waals surface area contributed by atoms with Gasteiger partial charge in [0.05, 0.1) is 5.25 Å². The Balaban J connectivity index is 2.53. The minimum absolute atomic E-state index is 0.123. The molecule has 2 N–H and O–H groups in total. The highest BCUT2D eigenvalue weighted by Crippen LogP contribution is 2.35. The van der Waals surface area contributed by atoms with Crippen LogP contribution in [0.1, 0.15) is 6.42 Å². The summed E-state index contributed by atoms with van der Waals surface area (Å²) in [4.78, 5) is 0. The van der Waals surface area contributed by atoms with Crippen LogP contribution in [0.3, 0.4) is 0 Å². The molecule has 0 aliphatic heterocycles. The second-order valence-electron chi connectivity index (χ2n) is 2.60. The summed E-state index contributed by atoms with van der Waals surface area (Å²) in [5, 5.41) is -0.123. The molecular formula is C5H11NO2S. The van der Waals surface area contributed by atoms with Gasteiger partial charge in [-0.1, -0.05) is 0 Å². The monoisotopic (exact) mass is 149 g/mol. The number of sulfone groups is 1. The Morgan fingerprint density at radius 3 is 2.33 bits per heavy atom. The molecule has 9 heavy (non-hydrogen) atoms. The molecule has 0 radical (unpaired) electrons. The van der Waals surface area contributed by atoms with Gasteiger partial charge in [-0.15, -0.1) is 0 Å². The Morgan fingerprint density at radius 2 is 2.22 bits per heavy atom. The second-order valence-corrected chi connectivity index (χ2v) is 4.86. The van der Waals surface area contributed by atoms with Crippen molar-refractivity contribution in [1.82, 2.24) is 0 Å². The van der Waals surface area contributed by atoms with E-state index >= 15 is 0 Å². The van der Waals surface area contributed by atoms with Crippen LogP contribution in [0.15, 0.2) is 0 Å². The van der Waals surface area contributed by atoms with Gasteiger partial charge in [-0.05, 0) is 18.9 Å². The van der Waals surface area contributed by atoms with E-state index in [0.717, 1.165) is 6.42 Å². The van der Waals surface area contributed by atoms with Gasteiger partial charge < -0.3 is 5.73 Å². The number of rotatable bonds is 2. The van der Waals surface area contributed by atoms with Crippen molar-refractivity contribution in [1.29, 1.82) is 0 Å². The topological polar surface area (TPSA) is 60.2 Å². The maximum Gasteiger partial charge on any atom is 0.150 e. The first-order chi connectivity index (χ1) is 4.05. The van der Waals surface area contributed by atoms with Crippen molar-refractivity contribution in [3.63, 3.8) is 0 Å². The van der Waals surface area contributed by atoms with Gasteiger partial charge in [0.1, 0.15) is 0 Å². The van der Waals surface area contributed by atoms with Crippen molar-refractivity contribution in [2.24, 2.45) is 11.7 Å². The summed E-state index contributed by atoms with van der Waals surface area (Å²) in [5.41, 5.74) is 5.26. The third-order valence-corrected chi connectivity index (χ3v) is 3.39. The van der Waals surface area contributed by atoms with Crippen molar-refractivity contribution in [3.8, 4) is 0 Å². The Hall–Kier alpha value is -0.0900. The van der Waals surface area contributed by atoms with Crippen LogP contribution in [0.2, 0.25) is 0 Å². The fourth-order valence-corrected chi connectivity index (χ4v) is 2.40. The lowest BCUT2D eigenvalue weighted by Gasteiger charge is -1.90. The highest BCUT2D eigenvalue weighted by Gasteiger charge is 2.43. The Morgan fingerprint density at radius 1 is 1.67 bits per heavy atom. The van der Waals surface area contributed by atoms with Gasteiger partial charge in [-0.25, -0.2) is 8.42 Å². The molecule has 2 atom stereocenters. The van der Waals surface area contributed by atoms with E-state index in [9.17, 15) is 8.42 Å². The molecule has 4 heteroatoms. The molecule has 0 amide bonds. The summed E-state index contributed by atoms with van der Waals surface area (Å²) in [6, 6.07) is 0. The molecule has 0 bridgehead atoms. The van der Waals surface area contributed by atoms with Crippen LogP contribution >= 0.6 is 0 Å². The van der Waals surface area contributed by atoms with E-state index in [2.05, 4.69) is 0 Å². The number of nitrogens with two attached hydrogens (primary N) is 1. The van der Waals surface area contributed by atoms with Crippen LogP contribution in [0.4, 0.5) is 0 Å². The van der Waals surface area contributed by atoms with Crippen molar-refractivity contribution in [2.75, 3.05) is 12.8 Å². The van der Waals surface area contributed by atoms with Gasteiger partial charge in [-0.2, -0.15) is 0 Å². The van der Waals surface area contributed by atoms with E-state index < -0.39 is 9.84 Å². The second kappa shape index (κ2) is 1.95. The molecule has 0 heterocycles. The van der Waals surface area contributed by atoms with E-state index in [1.165, 1.54) is 6.26 Å². The van der Waals surface area contributed by atoms with Crippen LogP contribution in [0.5, 0.6) is 0 Å². The van der Waals surface area contributed by atoms with Gasteiger partial charge in [0.25, 0.3) is 0 Å². The normalized spacial score (nSPS) is 34.4. The first kappa shape index (κ1) is 7.02. The van der Waals surface area contributed by atoms with Gasteiger partial charge in [-0.3, -0.25) is 0 Å². The Kier molecular flexibility index (Phi) is 1.52.